The summed E-state index contributed by atoms with van der Waals surface area (Å²) in [5, 5.41) is 10.8. The van der Waals surface area contributed by atoms with Gasteiger partial charge in [0.15, 0.2) is 0 Å². The van der Waals surface area contributed by atoms with E-state index in [2.05, 4.69) is 9.97 Å². The molecule has 0 bridgehead atoms. The second-order valence-corrected chi connectivity index (χ2v) is 3.93. The number of anilines is 1. The van der Waals surface area contributed by atoms with Crippen molar-refractivity contribution in [2.75, 3.05) is 19.0 Å². The lowest BCUT2D eigenvalue weighted by Gasteiger charge is -2.15. The van der Waals surface area contributed by atoms with Gasteiger partial charge in [-0.15, -0.1) is 0 Å². The third-order valence-corrected chi connectivity index (χ3v) is 2.63. The van der Waals surface area contributed by atoms with Gasteiger partial charge in [-0.1, -0.05) is 6.92 Å². The van der Waals surface area contributed by atoms with Crippen molar-refractivity contribution in [3.8, 4) is 5.75 Å². The first-order chi connectivity index (χ1) is 7.63. The molecule has 0 unspecified atom stereocenters. The van der Waals surface area contributed by atoms with Gasteiger partial charge in [-0.3, -0.25) is 0 Å². The molecule has 2 rings (SSSR count). The minimum absolute atomic E-state index is 0.266. The van der Waals surface area contributed by atoms with Crippen LogP contribution in [0.4, 0.5) is 5.69 Å². The first kappa shape index (κ1) is 10.7. The van der Waals surface area contributed by atoms with Gasteiger partial charge in [-0.2, -0.15) is 0 Å². The van der Waals surface area contributed by atoms with Crippen molar-refractivity contribution in [3.63, 3.8) is 0 Å². The number of aromatic hydroxyl groups is 1. The van der Waals surface area contributed by atoms with Gasteiger partial charge in [0.2, 0.25) is 0 Å². The van der Waals surface area contributed by atoms with Crippen molar-refractivity contribution in [2.45, 2.75) is 13.3 Å². The van der Waals surface area contributed by atoms with Crippen LogP contribution >= 0.6 is 0 Å². The van der Waals surface area contributed by atoms with Gasteiger partial charge in [0.05, 0.1) is 16.9 Å². The number of fused-ring (bicyclic) bond motifs is 1. The minimum Gasteiger partial charge on any atom is -0.506 e. The van der Waals surface area contributed by atoms with Gasteiger partial charge in [-0.05, 0) is 18.6 Å². The number of aromatic nitrogens is 2. The summed E-state index contributed by atoms with van der Waals surface area (Å²) < 4.78 is 0. The molecule has 84 valence electrons. The predicted octanol–water partition coefficient (Wildman–Crippen LogP) is 1.96. The number of phenols is 1. The zero-order chi connectivity index (χ0) is 11.7. The Morgan fingerprint density at radius 1 is 1.25 bits per heavy atom. The molecular weight excluding hydrogens is 202 g/mol. The highest BCUT2D eigenvalue weighted by molar-refractivity contribution is 5.87. The fraction of sp³-hybridized carbons (Fsp3) is 0.333. The molecule has 0 spiro atoms. The topological polar surface area (TPSA) is 49.2 Å². The Hall–Kier alpha value is -1.84. The molecule has 0 radical (unpaired) electrons. The molecule has 1 aromatic heterocycles. The Kier molecular flexibility index (Phi) is 2.64. The van der Waals surface area contributed by atoms with Crippen molar-refractivity contribution in [1.29, 1.82) is 0 Å². The Morgan fingerprint density at radius 2 is 2.00 bits per heavy atom. The maximum absolute atomic E-state index is 9.90. The zero-order valence-corrected chi connectivity index (χ0v) is 9.73. The highest BCUT2D eigenvalue weighted by Gasteiger charge is 2.09. The van der Waals surface area contributed by atoms with E-state index < -0.39 is 0 Å². The molecule has 0 aliphatic rings. The largest absolute Gasteiger partial charge is 0.506 e. The van der Waals surface area contributed by atoms with E-state index in [0.717, 1.165) is 28.7 Å². The first-order valence-electron chi connectivity index (χ1n) is 5.27. The van der Waals surface area contributed by atoms with Crippen molar-refractivity contribution >= 4 is 16.6 Å². The maximum atomic E-state index is 9.90. The van der Waals surface area contributed by atoms with Crippen LogP contribution in [-0.2, 0) is 6.42 Å². The van der Waals surface area contributed by atoms with E-state index in [1.807, 2.05) is 32.0 Å². The number of hydrogen-bond acceptors (Lipinski definition) is 4. The van der Waals surface area contributed by atoms with Crippen LogP contribution in [0.15, 0.2) is 18.5 Å². The Balaban J connectivity index is 2.73. The van der Waals surface area contributed by atoms with E-state index >= 15 is 0 Å². The Bertz CT molecular complexity index is 523. The van der Waals surface area contributed by atoms with E-state index in [1.54, 1.807) is 12.4 Å². The van der Waals surface area contributed by atoms with Gasteiger partial charge in [0.25, 0.3) is 0 Å². The van der Waals surface area contributed by atoms with Gasteiger partial charge in [-0.25, -0.2) is 9.97 Å². The molecule has 0 fully saturated rings. The highest BCUT2D eigenvalue weighted by Crippen LogP contribution is 2.31. The smallest absolute Gasteiger partial charge is 0.139 e. The molecule has 0 saturated heterocycles. The van der Waals surface area contributed by atoms with Crippen LogP contribution < -0.4 is 4.90 Å². The molecular formula is C12H15N3O. The quantitative estimate of drug-likeness (QED) is 0.835. The number of nitrogens with zero attached hydrogens (tertiary/aromatic N) is 3. The number of benzene rings is 1. The summed E-state index contributed by atoms with van der Waals surface area (Å²) in [5.74, 6) is 0.266. The third kappa shape index (κ3) is 1.66. The van der Waals surface area contributed by atoms with Crippen molar-refractivity contribution in [2.24, 2.45) is 0 Å². The average molecular weight is 217 g/mol. The predicted molar refractivity (Wildman–Crippen MR) is 64.9 cm³/mol. The standard InChI is InChI=1S/C12H15N3O/c1-4-9-8-5-12(16)11(15(2)3)6-10(8)14-7-13-9/h5-7,16H,4H2,1-3H3. The van der Waals surface area contributed by atoms with Crippen molar-refractivity contribution in [1.82, 2.24) is 9.97 Å². The van der Waals surface area contributed by atoms with Gasteiger partial charge in [0, 0.05) is 19.5 Å². The van der Waals surface area contributed by atoms with Crippen LogP contribution in [0.5, 0.6) is 5.75 Å². The molecule has 0 aliphatic heterocycles. The number of phenolic OH excluding ortho intramolecular Hbond substituents is 1. The van der Waals surface area contributed by atoms with Gasteiger partial charge >= 0.3 is 0 Å². The highest BCUT2D eigenvalue weighted by atomic mass is 16.3. The molecule has 4 heteroatoms. The van der Waals surface area contributed by atoms with E-state index in [-0.39, 0.29) is 5.75 Å². The van der Waals surface area contributed by atoms with Crippen LogP contribution in [0.1, 0.15) is 12.6 Å². The summed E-state index contributed by atoms with van der Waals surface area (Å²) >= 11 is 0. The molecule has 0 aliphatic carbocycles. The lowest BCUT2D eigenvalue weighted by Crippen LogP contribution is -2.09. The number of hydrogen-bond donors (Lipinski definition) is 1. The van der Waals surface area contributed by atoms with Crippen LogP contribution in [0, 0.1) is 0 Å². The SMILES string of the molecule is CCc1ncnc2cc(N(C)C)c(O)cc12. The summed E-state index contributed by atoms with van der Waals surface area (Å²) in [5.41, 5.74) is 2.60. The van der Waals surface area contributed by atoms with E-state index in [0.29, 0.717) is 0 Å². The average Bonchev–Trinajstić information content (AvgIpc) is 2.27. The zero-order valence-electron chi connectivity index (χ0n) is 9.73. The fourth-order valence-electron chi connectivity index (χ4n) is 1.77. The van der Waals surface area contributed by atoms with Gasteiger partial charge in [0.1, 0.15) is 12.1 Å². The van der Waals surface area contributed by atoms with Crippen molar-refractivity contribution in [3.05, 3.63) is 24.2 Å². The summed E-state index contributed by atoms with van der Waals surface area (Å²) in [4.78, 5) is 10.3. The van der Waals surface area contributed by atoms with E-state index in [1.165, 1.54) is 0 Å². The van der Waals surface area contributed by atoms with Crippen LogP contribution in [-0.4, -0.2) is 29.2 Å². The number of rotatable bonds is 2. The molecule has 2 aromatic rings. The summed E-state index contributed by atoms with van der Waals surface area (Å²) in [6.07, 6.45) is 2.40. The normalized spacial score (nSPS) is 10.7. The lowest BCUT2D eigenvalue weighted by atomic mass is 10.1. The molecule has 0 saturated carbocycles. The lowest BCUT2D eigenvalue weighted by molar-refractivity contribution is 0.476. The molecule has 0 atom stereocenters. The monoisotopic (exact) mass is 217 g/mol. The fourth-order valence-corrected chi connectivity index (χ4v) is 1.77. The summed E-state index contributed by atoms with van der Waals surface area (Å²) in [6.45, 7) is 2.04. The first-order valence-corrected chi connectivity index (χ1v) is 5.27. The van der Waals surface area contributed by atoms with Crippen LogP contribution in [0.25, 0.3) is 10.9 Å². The summed E-state index contributed by atoms with van der Waals surface area (Å²) in [7, 11) is 3.78. The van der Waals surface area contributed by atoms with Crippen LogP contribution in [0.3, 0.4) is 0 Å². The molecule has 1 heterocycles. The maximum Gasteiger partial charge on any atom is 0.139 e. The molecule has 4 nitrogen and oxygen atoms in total. The second-order valence-electron chi connectivity index (χ2n) is 3.93. The summed E-state index contributed by atoms with van der Waals surface area (Å²) in [6, 6.07) is 3.62. The van der Waals surface area contributed by atoms with Crippen molar-refractivity contribution < 1.29 is 5.11 Å². The molecule has 1 N–H and O–H groups in total. The Morgan fingerprint density at radius 3 is 2.62 bits per heavy atom. The van der Waals surface area contributed by atoms with E-state index in [4.69, 9.17) is 0 Å². The molecule has 1 aromatic carbocycles. The second kappa shape index (κ2) is 3.96. The third-order valence-electron chi connectivity index (χ3n) is 2.63. The minimum atomic E-state index is 0.266. The van der Waals surface area contributed by atoms with Crippen LogP contribution in [0.2, 0.25) is 0 Å². The Labute approximate surface area is 94.6 Å². The van der Waals surface area contributed by atoms with Gasteiger partial charge < -0.3 is 10.0 Å². The number of aryl methyl sites for hydroxylation is 1. The molecule has 0 amide bonds. The van der Waals surface area contributed by atoms with E-state index in [9.17, 15) is 5.11 Å². The molecule has 16 heavy (non-hydrogen) atoms.